The van der Waals surface area contributed by atoms with Crippen LogP contribution in [0.2, 0.25) is 0 Å². The van der Waals surface area contributed by atoms with E-state index in [4.69, 9.17) is 0 Å². The van der Waals surface area contributed by atoms with Crippen LogP contribution in [0, 0.1) is 0 Å². The third-order valence-corrected chi connectivity index (χ3v) is 2.00. The maximum Gasteiger partial charge on any atom is 0.0266 e. The summed E-state index contributed by atoms with van der Waals surface area (Å²) in [6.07, 6.45) is 1.72. The average molecular weight is 200 g/mol. The Labute approximate surface area is 87.7 Å². The maximum atomic E-state index is 3.59. The van der Waals surface area contributed by atoms with Crippen molar-refractivity contribution in [3.63, 3.8) is 0 Å². The van der Waals surface area contributed by atoms with Crippen molar-refractivity contribution in [2.45, 2.75) is 0 Å². The number of nitrogens with one attached hydrogen (secondary N) is 3. The molecule has 0 amide bonds. The van der Waals surface area contributed by atoms with E-state index in [-0.39, 0.29) is 0 Å². The summed E-state index contributed by atoms with van der Waals surface area (Å²) in [5.41, 5.74) is 0. The van der Waals surface area contributed by atoms with Crippen LogP contribution in [0.25, 0.3) is 0 Å². The Morgan fingerprint density at radius 2 is 1.86 bits per heavy atom. The van der Waals surface area contributed by atoms with Crippen molar-refractivity contribution in [1.29, 1.82) is 0 Å². The van der Waals surface area contributed by atoms with Gasteiger partial charge in [-0.05, 0) is 20.3 Å². The van der Waals surface area contributed by atoms with E-state index < -0.39 is 0 Å². The Bertz CT molecular complexity index is 127. The first kappa shape index (κ1) is 13.4. The molecule has 0 bridgehead atoms. The van der Waals surface area contributed by atoms with Crippen molar-refractivity contribution in [3.05, 3.63) is 12.8 Å². The van der Waals surface area contributed by atoms with Gasteiger partial charge in [0.1, 0.15) is 0 Å². The Kier molecular flexibility index (Phi) is 10.1. The summed E-state index contributed by atoms with van der Waals surface area (Å²) in [6.45, 7) is 9.81. The smallest absolute Gasteiger partial charge is 0.0266 e. The van der Waals surface area contributed by atoms with Gasteiger partial charge >= 0.3 is 0 Å². The number of hydrogen-bond acceptors (Lipinski definition) is 4. The fourth-order valence-electron chi connectivity index (χ4n) is 1.07. The Morgan fingerprint density at radius 1 is 1.14 bits per heavy atom. The van der Waals surface area contributed by atoms with Gasteiger partial charge in [0.05, 0.1) is 0 Å². The Balaban J connectivity index is 3.06. The van der Waals surface area contributed by atoms with Gasteiger partial charge in [-0.15, -0.1) is 0 Å². The van der Waals surface area contributed by atoms with E-state index >= 15 is 0 Å². The molecule has 4 heteroatoms. The first-order chi connectivity index (χ1) is 6.81. The van der Waals surface area contributed by atoms with Crippen molar-refractivity contribution >= 4 is 0 Å². The molecular weight excluding hydrogens is 176 g/mol. The second-order valence-corrected chi connectivity index (χ2v) is 3.32. The number of likely N-dealkylation sites (N-methyl/N-ethyl adjacent to an activating group) is 2. The second-order valence-electron chi connectivity index (χ2n) is 3.32. The molecule has 0 aliphatic carbocycles. The number of nitrogens with zero attached hydrogens (tertiary/aromatic N) is 1. The lowest BCUT2D eigenvalue weighted by molar-refractivity contribution is 0.333. The van der Waals surface area contributed by atoms with Crippen LogP contribution in [0.15, 0.2) is 12.8 Å². The van der Waals surface area contributed by atoms with E-state index in [0.29, 0.717) is 0 Å². The largest absolute Gasteiger partial charge is 0.390 e. The van der Waals surface area contributed by atoms with Gasteiger partial charge in [-0.3, -0.25) is 0 Å². The summed E-state index contributed by atoms with van der Waals surface area (Å²) in [5.74, 6) is 0. The molecule has 3 N–H and O–H groups in total. The molecule has 0 aromatic heterocycles. The minimum Gasteiger partial charge on any atom is -0.390 e. The molecule has 0 fully saturated rings. The maximum absolute atomic E-state index is 3.59. The fraction of sp³-hybridized carbons (Fsp3) is 0.800. The fourth-order valence-corrected chi connectivity index (χ4v) is 1.07. The molecule has 4 nitrogen and oxygen atoms in total. The lowest BCUT2D eigenvalue weighted by Gasteiger charge is -2.16. The Morgan fingerprint density at radius 3 is 2.50 bits per heavy atom. The van der Waals surface area contributed by atoms with Crippen molar-refractivity contribution in [3.8, 4) is 0 Å². The van der Waals surface area contributed by atoms with Crippen LogP contribution in [0.3, 0.4) is 0 Å². The first-order valence-electron chi connectivity index (χ1n) is 5.19. The summed E-state index contributed by atoms with van der Waals surface area (Å²) < 4.78 is 0. The summed E-state index contributed by atoms with van der Waals surface area (Å²) in [5, 5.41) is 9.54. The van der Waals surface area contributed by atoms with Crippen molar-refractivity contribution in [2.75, 3.05) is 53.4 Å². The van der Waals surface area contributed by atoms with Gasteiger partial charge in [-0.25, -0.2) is 0 Å². The van der Waals surface area contributed by atoms with Crippen LogP contribution in [-0.2, 0) is 0 Å². The zero-order valence-electron chi connectivity index (χ0n) is 9.47. The molecule has 0 aliphatic heterocycles. The SMILES string of the molecule is C=CNCCNCCN(C)CCNC. The van der Waals surface area contributed by atoms with Crippen LogP contribution in [-0.4, -0.2) is 58.3 Å². The minimum absolute atomic E-state index is 0.948. The molecule has 0 radical (unpaired) electrons. The summed E-state index contributed by atoms with van der Waals surface area (Å²) in [6, 6.07) is 0. The Hall–Kier alpha value is -0.580. The van der Waals surface area contributed by atoms with Crippen LogP contribution in [0.4, 0.5) is 0 Å². The molecule has 0 atom stereocenters. The first-order valence-corrected chi connectivity index (χ1v) is 5.19. The van der Waals surface area contributed by atoms with Crippen LogP contribution in [0.1, 0.15) is 0 Å². The highest BCUT2D eigenvalue weighted by atomic mass is 15.1. The molecule has 0 spiro atoms. The van der Waals surface area contributed by atoms with Crippen LogP contribution < -0.4 is 16.0 Å². The van der Waals surface area contributed by atoms with E-state index in [0.717, 1.165) is 39.3 Å². The van der Waals surface area contributed by atoms with Gasteiger partial charge in [-0.1, -0.05) is 6.58 Å². The molecule has 0 rings (SSSR count). The zero-order chi connectivity index (χ0) is 10.6. The van der Waals surface area contributed by atoms with Crippen molar-refractivity contribution in [2.24, 2.45) is 0 Å². The van der Waals surface area contributed by atoms with Crippen LogP contribution in [0.5, 0.6) is 0 Å². The van der Waals surface area contributed by atoms with E-state index in [1.54, 1.807) is 6.20 Å². The zero-order valence-corrected chi connectivity index (χ0v) is 9.47. The molecule has 14 heavy (non-hydrogen) atoms. The molecule has 0 aromatic rings. The quantitative estimate of drug-likeness (QED) is 0.414. The van der Waals surface area contributed by atoms with Gasteiger partial charge in [-0.2, -0.15) is 0 Å². The van der Waals surface area contributed by atoms with Gasteiger partial charge < -0.3 is 20.9 Å². The molecule has 0 heterocycles. The predicted molar refractivity (Wildman–Crippen MR) is 62.5 cm³/mol. The van der Waals surface area contributed by atoms with Gasteiger partial charge in [0.25, 0.3) is 0 Å². The average Bonchev–Trinajstić information content (AvgIpc) is 2.20. The number of rotatable bonds is 10. The van der Waals surface area contributed by atoms with Gasteiger partial charge in [0, 0.05) is 39.3 Å². The van der Waals surface area contributed by atoms with Crippen LogP contribution >= 0.6 is 0 Å². The number of hydrogen-bond donors (Lipinski definition) is 3. The lowest BCUT2D eigenvalue weighted by atomic mass is 10.5. The van der Waals surface area contributed by atoms with E-state index in [1.165, 1.54) is 0 Å². The van der Waals surface area contributed by atoms with Gasteiger partial charge in [0.2, 0.25) is 0 Å². The summed E-state index contributed by atoms with van der Waals surface area (Å²) in [4.78, 5) is 2.31. The van der Waals surface area contributed by atoms with Crippen molar-refractivity contribution < 1.29 is 0 Å². The van der Waals surface area contributed by atoms with E-state index in [2.05, 4.69) is 34.5 Å². The van der Waals surface area contributed by atoms with E-state index in [1.807, 2.05) is 7.05 Å². The molecule has 0 aromatic carbocycles. The van der Waals surface area contributed by atoms with Gasteiger partial charge in [0.15, 0.2) is 0 Å². The molecule has 0 saturated carbocycles. The lowest BCUT2D eigenvalue weighted by Crippen LogP contribution is -2.35. The van der Waals surface area contributed by atoms with Crippen molar-refractivity contribution in [1.82, 2.24) is 20.9 Å². The monoisotopic (exact) mass is 200 g/mol. The molecule has 84 valence electrons. The third-order valence-electron chi connectivity index (χ3n) is 2.00. The normalized spacial score (nSPS) is 10.5. The highest BCUT2D eigenvalue weighted by Gasteiger charge is 1.95. The predicted octanol–water partition coefficient (Wildman–Crippen LogP) is -0.540. The topological polar surface area (TPSA) is 39.3 Å². The third kappa shape index (κ3) is 9.51. The van der Waals surface area contributed by atoms with E-state index in [9.17, 15) is 0 Å². The minimum atomic E-state index is 0.948. The highest BCUT2D eigenvalue weighted by Crippen LogP contribution is 1.77. The highest BCUT2D eigenvalue weighted by molar-refractivity contribution is 4.64. The molecule has 0 saturated heterocycles. The molecular formula is C10H24N4. The summed E-state index contributed by atoms with van der Waals surface area (Å²) in [7, 11) is 4.12. The molecule has 0 unspecified atom stereocenters. The summed E-state index contributed by atoms with van der Waals surface area (Å²) >= 11 is 0. The molecule has 0 aliphatic rings. The second kappa shape index (κ2) is 10.5. The standard InChI is InChI=1S/C10H24N4/c1-4-12-5-6-13-8-10-14(3)9-7-11-2/h4,11-13H,1,5-10H2,2-3H3.